The third kappa shape index (κ3) is 6.33. The molecule has 0 saturated carbocycles. The summed E-state index contributed by atoms with van der Waals surface area (Å²) in [6.07, 6.45) is 4.29. The molecule has 4 heteroatoms. The van der Waals surface area contributed by atoms with Crippen molar-refractivity contribution < 1.29 is 9.53 Å². The summed E-state index contributed by atoms with van der Waals surface area (Å²) >= 11 is 9.23. The molecule has 2 rings (SSSR count). The van der Waals surface area contributed by atoms with E-state index in [-0.39, 0.29) is 5.97 Å². The number of esters is 1. The van der Waals surface area contributed by atoms with Gasteiger partial charge in [-0.3, -0.25) is 0 Å². The van der Waals surface area contributed by atoms with Crippen LogP contribution in [0.3, 0.4) is 0 Å². The largest absolute Gasteiger partial charge is 0.463 e. The fourth-order valence-electron chi connectivity index (χ4n) is 2.56. The molecule has 0 unspecified atom stereocenters. The second-order valence-corrected chi connectivity index (χ2v) is 6.95. The third-order valence-corrected chi connectivity index (χ3v) is 4.64. The highest BCUT2D eigenvalue weighted by Gasteiger charge is 2.07. The summed E-state index contributed by atoms with van der Waals surface area (Å²) < 4.78 is 6.12. The minimum atomic E-state index is -0.291. The zero-order valence-electron chi connectivity index (χ0n) is 14.3. The first kappa shape index (κ1) is 19.7. The fourth-order valence-corrected chi connectivity index (χ4v) is 3.01. The fraction of sp³-hybridized carbons (Fsp3) is 0.286. The molecule has 2 aromatic rings. The van der Waals surface area contributed by atoms with E-state index in [1.165, 1.54) is 0 Å². The summed E-state index contributed by atoms with van der Waals surface area (Å²) in [5.41, 5.74) is 4.34. The van der Waals surface area contributed by atoms with E-state index in [0.29, 0.717) is 12.5 Å². The molecule has 0 heterocycles. The lowest BCUT2D eigenvalue weighted by Gasteiger charge is -2.09. The molecule has 25 heavy (non-hydrogen) atoms. The summed E-state index contributed by atoms with van der Waals surface area (Å²) in [6.45, 7) is 2.19. The molecule has 0 saturated heterocycles. The van der Waals surface area contributed by atoms with Gasteiger partial charge in [0.2, 0.25) is 0 Å². The van der Waals surface area contributed by atoms with E-state index in [1.807, 2.05) is 19.1 Å². The van der Waals surface area contributed by atoms with Gasteiger partial charge in [0.05, 0.1) is 6.61 Å². The molecule has 0 bridgehead atoms. The van der Waals surface area contributed by atoms with Crippen molar-refractivity contribution >= 4 is 39.1 Å². The highest BCUT2D eigenvalue weighted by atomic mass is 79.9. The zero-order chi connectivity index (χ0) is 18.1. The lowest BCUT2D eigenvalue weighted by molar-refractivity contribution is -0.137. The van der Waals surface area contributed by atoms with Gasteiger partial charge in [-0.1, -0.05) is 52.3 Å². The number of allylic oxidation sites excluding steroid dienone is 1. The van der Waals surface area contributed by atoms with Gasteiger partial charge in [0.15, 0.2) is 0 Å². The van der Waals surface area contributed by atoms with Gasteiger partial charge in [0, 0.05) is 16.4 Å². The van der Waals surface area contributed by atoms with E-state index in [1.54, 1.807) is 6.08 Å². The van der Waals surface area contributed by atoms with Gasteiger partial charge in [-0.2, -0.15) is 0 Å². The van der Waals surface area contributed by atoms with Crippen LogP contribution in [0.15, 0.2) is 59.1 Å². The van der Waals surface area contributed by atoms with E-state index >= 15 is 0 Å². The van der Waals surface area contributed by atoms with Crippen LogP contribution in [0.4, 0.5) is 0 Å². The molecule has 2 nitrogen and oxygen atoms in total. The summed E-state index contributed by atoms with van der Waals surface area (Å²) in [5, 5.41) is 0. The van der Waals surface area contributed by atoms with Crippen molar-refractivity contribution in [2.24, 2.45) is 0 Å². The van der Waals surface area contributed by atoms with Crippen molar-refractivity contribution in [3.05, 3.63) is 64.6 Å². The predicted octanol–water partition coefficient (Wildman–Crippen LogP) is 6.47. The summed E-state index contributed by atoms with van der Waals surface area (Å²) in [7, 11) is 0. The number of halogens is 2. The smallest absolute Gasteiger partial charge is 0.331 e. The second-order valence-electron chi connectivity index (χ2n) is 5.65. The van der Waals surface area contributed by atoms with Crippen molar-refractivity contribution in [3.8, 4) is 11.1 Å². The monoisotopic (exact) mass is 420 g/mol. The molecule has 0 aliphatic heterocycles. The van der Waals surface area contributed by atoms with Gasteiger partial charge in [0.1, 0.15) is 0 Å². The summed E-state index contributed by atoms with van der Waals surface area (Å²) in [5.74, 6) is 0.343. The Hall–Kier alpha value is -1.58. The van der Waals surface area contributed by atoms with E-state index < -0.39 is 0 Å². The van der Waals surface area contributed by atoms with Crippen molar-refractivity contribution in [3.63, 3.8) is 0 Å². The summed E-state index contributed by atoms with van der Waals surface area (Å²) in [6, 6.07) is 16.5. The maximum atomic E-state index is 11.9. The first-order chi connectivity index (χ1) is 12.1. The molecule has 2 aromatic carbocycles. The molecule has 0 amide bonds. The first-order valence-corrected chi connectivity index (χ1v) is 9.76. The Labute approximate surface area is 163 Å². The number of carbonyl (C=O) groups is 1. The maximum absolute atomic E-state index is 11.9. The Morgan fingerprint density at radius 2 is 1.64 bits per heavy atom. The standard InChI is InChI=1S/C21H22BrClO2/c1-2-25-21(24)15-19(5-3-4-14-23)18-8-6-16(7-9-18)17-10-12-20(22)13-11-17/h6-13,15H,2-5,14H2,1H3/b19-15-. The maximum Gasteiger partial charge on any atom is 0.331 e. The number of unbranched alkanes of at least 4 members (excludes halogenated alkanes) is 1. The van der Waals surface area contributed by atoms with Crippen LogP contribution < -0.4 is 0 Å². The zero-order valence-corrected chi connectivity index (χ0v) is 16.6. The van der Waals surface area contributed by atoms with E-state index in [9.17, 15) is 4.79 Å². The molecule has 0 spiro atoms. The highest BCUT2D eigenvalue weighted by Crippen LogP contribution is 2.26. The molecule has 0 aromatic heterocycles. The van der Waals surface area contributed by atoms with Gasteiger partial charge >= 0.3 is 5.97 Å². The quantitative estimate of drug-likeness (QED) is 0.211. The lowest BCUT2D eigenvalue weighted by atomic mass is 9.97. The Morgan fingerprint density at radius 1 is 1.04 bits per heavy atom. The number of benzene rings is 2. The SMILES string of the molecule is CCOC(=O)/C=C(/CCCCCl)c1ccc(-c2ccc(Br)cc2)cc1. The van der Waals surface area contributed by atoms with E-state index in [0.717, 1.165) is 46.0 Å². The normalized spacial score (nSPS) is 11.4. The Bertz CT molecular complexity index is 706. The van der Waals surface area contributed by atoms with E-state index in [2.05, 4.69) is 52.3 Å². The summed E-state index contributed by atoms with van der Waals surface area (Å²) in [4.78, 5) is 11.9. The van der Waals surface area contributed by atoms with Crippen molar-refractivity contribution in [2.45, 2.75) is 26.2 Å². The minimum absolute atomic E-state index is 0.291. The van der Waals surface area contributed by atoms with Crippen LogP contribution in [0.2, 0.25) is 0 Å². The molecular formula is C21H22BrClO2. The number of hydrogen-bond acceptors (Lipinski definition) is 2. The van der Waals surface area contributed by atoms with Crippen molar-refractivity contribution in [2.75, 3.05) is 12.5 Å². The predicted molar refractivity (Wildman–Crippen MR) is 109 cm³/mol. The number of hydrogen-bond donors (Lipinski definition) is 0. The Morgan fingerprint density at radius 3 is 2.20 bits per heavy atom. The van der Waals surface area contributed by atoms with Crippen LogP contribution in [0.1, 0.15) is 31.7 Å². The van der Waals surface area contributed by atoms with Crippen molar-refractivity contribution in [1.29, 1.82) is 0 Å². The minimum Gasteiger partial charge on any atom is -0.463 e. The van der Waals surface area contributed by atoms with Gasteiger partial charge in [-0.15, -0.1) is 11.6 Å². The van der Waals surface area contributed by atoms with Crippen molar-refractivity contribution in [1.82, 2.24) is 0 Å². The molecule has 0 aliphatic carbocycles. The van der Waals surface area contributed by atoms with Crippen LogP contribution in [0.25, 0.3) is 16.7 Å². The second kappa shape index (κ2) is 10.4. The number of alkyl halides is 1. The molecule has 0 fully saturated rings. The van der Waals surface area contributed by atoms with Gasteiger partial charge in [-0.05, 0) is 60.6 Å². The molecule has 132 valence electrons. The van der Waals surface area contributed by atoms with Gasteiger partial charge in [-0.25, -0.2) is 4.79 Å². The van der Waals surface area contributed by atoms with E-state index in [4.69, 9.17) is 16.3 Å². The van der Waals surface area contributed by atoms with Crippen LogP contribution in [-0.2, 0) is 9.53 Å². The molecule has 0 N–H and O–H groups in total. The lowest BCUT2D eigenvalue weighted by Crippen LogP contribution is -2.01. The molecule has 0 radical (unpaired) electrons. The number of rotatable bonds is 8. The number of ether oxygens (including phenoxy) is 1. The Kier molecular flexibility index (Phi) is 8.23. The topological polar surface area (TPSA) is 26.3 Å². The molecule has 0 aliphatic rings. The molecular weight excluding hydrogens is 400 g/mol. The molecule has 0 atom stereocenters. The average Bonchev–Trinajstić information content (AvgIpc) is 2.62. The third-order valence-electron chi connectivity index (χ3n) is 3.84. The van der Waals surface area contributed by atoms with Gasteiger partial charge < -0.3 is 4.74 Å². The van der Waals surface area contributed by atoms with Crippen LogP contribution in [0.5, 0.6) is 0 Å². The highest BCUT2D eigenvalue weighted by molar-refractivity contribution is 9.10. The number of carbonyl (C=O) groups excluding carboxylic acids is 1. The van der Waals surface area contributed by atoms with Crippen LogP contribution in [0, 0.1) is 0 Å². The first-order valence-electron chi connectivity index (χ1n) is 8.43. The van der Waals surface area contributed by atoms with Crippen LogP contribution >= 0.6 is 27.5 Å². The Balaban J connectivity index is 2.21. The van der Waals surface area contributed by atoms with Crippen LogP contribution in [-0.4, -0.2) is 18.5 Å². The average molecular weight is 422 g/mol. The van der Waals surface area contributed by atoms with Gasteiger partial charge in [0.25, 0.3) is 0 Å².